The zero-order valence-corrected chi connectivity index (χ0v) is 25.1. The molecule has 1 aromatic rings. The van der Waals surface area contributed by atoms with Gasteiger partial charge in [-0.05, 0) is 69.4 Å². The number of likely N-dealkylation sites (tertiary alicyclic amines) is 1. The van der Waals surface area contributed by atoms with E-state index in [9.17, 15) is 19.2 Å². The highest BCUT2D eigenvalue weighted by Crippen LogP contribution is 2.43. The molecule has 5 atom stereocenters. The van der Waals surface area contributed by atoms with Gasteiger partial charge in [0, 0.05) is 6.54 Å². The second kappa shape index (κ2) is 13.0. The van der Waals surface area contributed by atoms with Crippen LogP contribution in [0.25, 0.3) is 0 Å². The largest absolute Gasteiger partial charge is 0.460 e. The molecule has 0 radical (unpaired) electrons. The first kappa shape index (κ1) is 31.4. The van der Waals surface area contributed by atoms with Crippen molar-refractivity contribution >= 4 is 23.9 Å². The lowest BCUT2D eigenvalue weighted by atomic mass is 9.85. The van der Waals surface area contributed by atoms with Crippen LogP contribution in [0.1, 0.15) is 90.9 Å². The highest BCUT2D eigenvalue weighted by molar-refractivity contribution is 5.93. The number of hydrogen-bond acceptors (Lipinski definition) is 6. The lowest BCUT2D eigenvalue weighted by molar-refractivity contribution is -0.143. The van der Waals surface area contributed by atoms with E-state index in [0.29, 0.717) is 18.5 Å². The Morgan fingerprint density at radius 2 is 1.68 bits per heavy atom. The average molecular weight is 558 g/mol. The second-order valence-electron chi connectivity index (χ2n) is 13.2. The fourth-order valence-electron chi connectivity index (χ4n) is 5.77. The zero-order valence-electron chi connectivity index (χ0n) is 25.1. The van der Waals surface area contributed by atoms with E-state index < -0.39 is 35.2 Å². The predicted octanol–water partition coefficient (Wildman–Crippen LogP) is 4.69. The fourth-order valence-corrected chi connectivity index (χ4v) is 5.77. The minimum absolute atomic E-state index is 0.0485. The number of alkyl carbamates (subject to hydrolysis) is 1. The van der Waals surface area contributed by atoms with Crippen molar-refractivity contribution in [2.45, 2.75) is 104 Å². The van der Waals surface area contributed by atoms with Crippen LogP contribution in [0.4, 0.5) is 4.79 Å². The van der Waals surface area contributed by atoms with Gasteiger partial charge < -0.3 is 25.0 Å². The maximum absolute atomic E-state index is 14.0. The summed E-state index contributed by atoms with van der Waals surface area (Å²) in [5, 5.41) is 5.87. The second-order valence-corrected chi connectivity index (χ2v) is 13.2. The first-order chi connectivity index (χ1) is 18.7. The molecule has 1 aliphatic heterocycles. The molecule has 0 spiro atoms. The summed E-state index contributed by atoms with van der Waals surface area (Å²) in [6, 6.07) is 6.87. The molecule has 1 heterocycles. The molecule has 1 saturated heterocycles. The molecule has 1 saturated carbocycles. The SMILES string of the molecule is CCC[C@@H](COC(=O)c1ccccc1)NC(=O)[C@@H]1[C@H]2CCC[C@H]2CN1C(=O)[C@@H](NC(=O)OC(C)(C)C)C(C)(C)C. The Hall–Kier alpha value is -3.10. The smallest absolute Gasteiger partial charge is 0.408 e. The molecule has 3 amide bonds. The molecular weight excluding hydrogens is 510 g/mol. The number of carbonyl (C=O) groups is 4. The van der Waals surface area contributed by atoms with Crippen LogP contribution in [0.3, 0.4) is 0 Å². The lowest BCUT2D eigenvalue weighted by Crippen LogP contribution is -2.59. The molecule has 3 rings (SSSR count). The summed E-state index contributed by atoms with van der Waals surface area (Å²) >= 11 is 0. The number of nitrogens with one attached hydrogen (secondary N) is 2. The Bertz CT molecular complexity index is 1050. The van der Waals surface area contributed by atoms with Gasteiger partial charge in [0.05, 0.1) is 11.6 Å². The number of ether oxygens (including phenoxy) is 2. The number of hydrogen-bond donors (Lipinski definition) is 2. The summed E-state index contributed by atoms with van der Waals surface area (Å²) in [6.45, 7) is 13.5. The first-order valence-corrected chi connectivity index (χ1v) is 14.5. The molecular formula is C31H47N3O6. The molecule has 0 aromatic heterocycles. The van der Waals surface area contributed by atoms with Gasteiger partial charge in [-0.2, -0.15) is 0 Å². The van der Waals surface area contributed by atoms with Crippen molar-refractivity contribution in [3.05, 3.63) is 35.9 Å². The molecule has 0 bridgehead atoms. The van der Waals surface area contributed by atoms with Gasteiger partial charge in [-0.1, -0.05) is 58.7 Å². The highest BCUT2D eigenvalue weighted by atomic mass is 16.6. The third kappa shape index (κ3) is 8.21. The third-order valence-electron chi connectivity index (χ3n) is 7.62. The number of amides is 3. The van der Waals surface area contributed by atoms with Gasteiger partial charge in [0.15, 0.2) is 0 Å². The number of esters is 1. The number of rotatable bonds is 9. The fraction of sp³-hybridized carbons (Fsp3) is 0.677. The average Bonchev–Trinajstić information content (AvgIpc) is 3.45. The van der Waals surface area contributed by atoms with Crippen LogP contribution >= 0.6 is 0 Å². The van der Waals surface area contributed by atoms with Crippen molar-refractivity contribution in [2.24, 2.45) is 17.3 Å². The van der Waals surface area contributed by atoms with Crippen molar-refractivity contribution < 1.29 is 28.7 Å². The quantitative estimate of drug-likeness (QED) is 0.426. The number of fused-ring (bicyclic) bond motifs is 1. The van der Waals surface area contributed by atoms with Crippen LogP contribution in [0, 0.1) is 17.3 Å². The van der Waals surface area contributed by atoms with Crippen molar-refractivity contribution in [3.8, 4) is 0 Å². The van der Waals surface area contributed by atoms with Crippen molar-refractivity contribution in [3.63, 3.8) is 0 Å². The standard InChI is InChI=1S/C31H47N3O6/c1-8-13-22(19-39-28(37)20-14-10-9-11-15-20)32-26(35)24-23-17-12-16-21(23)18-34(24)27(36)25(30(2,3)4)33-29(38)40-31(5,6)7/h9-11,14-15,21-25H,8,12-13,16-19H2,1-7H3,(H,32,35)(H,33,38)/t21-,22-,23-,24-,25+/m0/s1. The minimum Gasteiger partial charge on any atom is -0.460 e. The number of benzene rings is 1. The van der Waals surface area contributed by atoms with E-state index in [4.69, 9.17) is 9.47 Å². The van der Waals surface area contributed by atoms with Crippen LogP contribution in [0.15, 0.2) is 30.3 Å². The summed E-state index contributed by atoms with van der Waals surface area (Å²) in [5.41, 5.74) is -0.861. The summed E-state index contributed by atoms with van der Waals surface area (Å²) in [6.07, 6.45) is 3.61. The van der Waals surface area contributed by atoms with Gasteiger partial charge in [-0.3, -0.25) is 9.59 Å². The van der Waals surface area contributed by atoms with Crippen LogP contribution in [-0.2, 0) is 19.1 Å². The number of carbonyl (C=O) groups excluding carboxylic acids is 4. The van der Waals surface area contributed by atoms with Crippen LogP contribution in [0.2, 0.25) is 0 Å². The highest BCUT2D eigenvalue weighted by Gasteiger charge is 2.52. The van der Waals surface area contributed by atoms with Crippen LogP contribution in [0.5, 0.6) is 0 Å². The van der Waals surface area contributed by atoms with Gasteiger partial charge >= 0.3 is 12.1 Å². The third-order valence-corrected chi connectivity index (χ3v) is 7.62. The number of nitrogens with zero attached hydrogens (tertiary/aromatic N) is 1. The molecule has 1 aliphatic carbocycles. The van der Waals surface area contributed by atoms with E-state index in [1.54, 1.807) is 49.9 Å². The molecule has 9 nitrogen and oxygen atoms in total. The van der Waals surface area contributed by atoms with Crippen molar-refractivity contribution in [1.29, 1.82) is 0 Å². The molecule has 9 heteroatoms. The summed E-state index contributed by atoms with van der Waals surface area (Å²) in [5.74, 6) is -0.661. The van der Waals surface area contributed by atoms with E-state index in [1.807, 2.05) is 33.8 Å². The Kier molecular flexibility index (Phi) is 10.2. The van der Waals surface area contributed by atoms with E-state index in [-0.39, 0.29) is 36.3 Å². The van der Waals surface area contributed by atoms with Gasteiger partial charge in [-0.15, -0.1) is 0 Å². The Morgan fingerprint density at radius 3 is 2.27 bits per heavy atom. The monoisotopic (exact) mass is 557 g/mol. The maximum Gasteiger partial charge on any atom is 0.408 e. The molecule has 222 valence electrons. The van der Waals surface area contributed by atoms with Crippen molar-refractivity contribution in [2.75, 3.05) is 13.2 Å². The summed E-state index contributed by atoms with van der Waals surface area (Å²) in [7, 11) is 0. The summed E-state index contributed by atoms with van der Waals surface area (Å²) in [4.78, 5) is 54.7. The molecule has 2 N–H and O–H groups in total. The molecule has 2 aliphatic rings. The topological polar surface area (TPSA) is 114 Å². The van der Waals surface area contributed by atoms with Crippen molar-refractivity contribution in [1.82, 2.24) is 15.5 Å². The van der Waals surface area contributed by atoms with Gasteiger partial charge in [-0.25, -0.2) is 9.59 Å². The van der Waals surface area contributed by atoms with Gasteiger partial charge in [0.25, 0.3) is 0 Å². The molecule has 1 aromatic carbocycles. The van der Waals surface area contributed by atoms with E-state index in [1.165, 1.54) is 0 Å². The van der Waals surface area contributed by atoms with Crippen LogP contribution < -0.4 is 10.6 Å². The zero-order chi connectivity index (χ0) is 29.7. The van der Waals surface area contributed by atoms with E-state index in [0.717, 1.165) is 25.7 Å². The van der Waals surface area contributed by atoms with E-state index in [2.05, 4.69) is 10.6 Å². The van der Waals surface area contributed by atoms with Gasteiger partial charge in [0.1, 0.15) is 24.3 Å². The normalized spacial score (nSPS) is 22.2. The predicted molar refractivity (Wildman–Crippen MR) is 153 cm³/mol. The van der Waals surface area contributed by atoms with Gasteiger partial charge in [0.2, 0.25) is 11.8 Å². The Morgan fingerprint density at radius 1 is 1.00 bits per heavy atom. The minimum atomic E-state index is -0.866. The molecule has 2 fully saturated rings. The Balaban J connectivity index is 1.76. The molecule has 40 heavy (non-hydrogen) atoms. The van der Waals surface area contributed by atoms with E-state index >= 15 is 0 Å². The summed E-state index contributed by atoms with van der Waals surface area (Å²) < 4.78 is 11.0. The maximum atomic E-state index is 14.0. The molecule has 0 unspecified atom stereocenters. The first-order valence-electron chi connectivity index (χ1n) is 14.5. The van der Waals surface area contributed by atoms with Crippen LogP contribution in [-0.4, -0.2) is 65.7 Å². The Labute approximate surface area is 238 Å². The lowest BCUT2D eigenvalue weighted by Gasteiger charge is -2.37.